The Labute approximate surface area is 108 Å². The number of Topliss-reactive ketones (excluding diaryl/α,β-unsaturated/α-hetero) is 1. The van der Waals surface area contributed by atoms with Gasteiger partial charge < -0.3 is 4.90 Å². The zero-order valence-electron chi connectivity index (χ0n) is 10.8. The largest absolute Gasteiger partial charge is 0.341 e. The van der Waals surface area contributed by atoms with E-state index in [2.05, 4.69) is 0 Å². The van der Waals surface area contributed by atoms with E-state index in [1.807, 2.05) is 37.4 Å². The van der Waals surface area contributed by atoms with E-state index >= 15 is 0 Å². The minimum atomic E-state index is -0.0973. The molecule has 1 aliphatic carbocycles. The van der Waals surface area contributed by atoms with E-state index in [1.54, 1.807) is 4.90 Å². The monoisotopic (exact) mass is 245 g/mol. The van der Waals surface area contributed by atoms with Crippen LogP contribution >= 0.6 is 0 Å². The Morgan fingerprint density at radius 1 is 1.33 bits per heavy atom. The van der Waals surface area contributed by atoms with Crippen LogP contribution in [0, 0.1) is 5.92 Å². The summed E-state index contributed by atoms with van der Waals surface area (Å²) in [4.78, 5) is 25.3. The number of nitrogens with zero attached hydrogens (tertiary/aromatic N) is 1. The van der Waals surface area contributed by atoms with Crippen molar-refractivity contribution in [1.82, 2.24) is 4.90 Å². The van der Waals surface area contributed by atoms with Gasteiger partial charge in [0.2, 0.25) is 5.91 Å². The highest BCUT2D eigenvalue weighted by Crippen LogP contribution is 2.23. The Morgan fingerprint density at radius 3 is 2.72 bits per heavy atom. The van der Waals surface area contributed by atoms with Crippen LogP contribution in [0.25, 0.3) is 0 Å². The molecule has 1 aromatic rings. The zero-order valence-corrected chi connectivity index (χ0v) is 10.8. The van der Waals surface area contributed by atoms with E-state index in [1.165, 1.54) is 0 Å². The quantitative estimate of drug-likeness (QED) is 0.820. The maximum Gasteiger partial charge on any atom is 0.226 e. The van der Waals surface area contributed by atoms with Gasteiger partial charge in [-0.1, -0.05) is 30.3 Å². The summed E-state index contributed by atoms with van der Waals surface area (Å²) in [5.41, 5.74) is 1.12. The summed E-state index contributed by atoms with van der Waals surface area (Å²) in [6.07, 6.45) is 2.78. The highest BCUT2D eigenvalue weighted by atomic mass is 16.2. The van der Waals surface area contributed by atoms with Gasteiger partial charge in [-0.3, -0.25) is 9.59 Å². The summed E-state index contributed by atoms with van der Waals surface area (Å²) in [6, 6.07) is 9.92. The molecule has 2 rings (SSSR count). The van der Waals surface area contributed by atoms with Gasteiger partial charge in [-0.05, 0) is 18.4 Å². The Morgan fingerprint density at radius 2 is 2.06 bits per heavy atom. The average Bonchev–Trinajstić information content (AvgIpc) is 2.39. The van der Waals surface area contributed by atoms with Gasteiger partial charge in [-0.15, -0.1) is 0 Å². The van der Waals surface area contributed by atoms with Crippen LogP contribution in [-0.4, -0.2) is 23.6 Å². The molecule has 0 bridgehead atoms. The maximum atomic E-state index is 12.2. The molecule has 1 saturated carbocycles. The van der Waals surface area contributed by atoms with E-state index in [-0.39, 0.29) is 17.6 Å². The van der Waals surface area contributed by atoms with Crippen molar-refractivity contribution >= 4 is 11.7 Å². The van der Waals surface area contributed by atoms with Gasteiger partial charge in [0, 0.05) is 32.4 Å². The molecular weight excluding hydrogens is 226 g/mol. The molecule has 1 aromatic carbocycles. The number of rotatable bonds is 3. The molecule has 3 nitrogen and oxygen atoms in total. The van der Waals surface area contributed by atoms with Crippen LogP contribution in [0.3, 0.4) is 0 Å². The highest BCUT2D eigenvalue weighted by Gasteiger charge is 2.27. The van der Waals surface area contributed by atoms with Gasteiger partial charge >= 0.3 is 0 Å². The predicted molar refractivity (Wildman–Crippen MR) is 69.9 cm³/mol. The van der Waals surface area contributed by atoms with Crippen LogP contribution in [-0.2, 0) is 16.1 Å². The summed E-state index contributed by atoms with van der Waals surface area (Å²) < 4.78 is 0. The summed E-state index contributed by atoms with van der Waals surface area (Å²) in [5, 5.41) is 0. The number of carbonyl (C=O) groups is 2. The van der Waals surface area contributed by atoms with Gasteiger partial charge in [0.05, 0.1) is 0 Å². The first-order valence-corrected chi connectivity index (χ1v) is 6.47. The number of ketones is 1. The molecule has 1 fully saturated rings. The lowest BCUT2D eigenvalue weighted by molar-refractivity contribution is -0.139. The van der Waals surface area contributed by atoms with Crippen molar-refractivity contribution in [2.24, 2.45) is 5.92 Å². The summed E-state index contributed by atoms with van der Waals surface area (Å²) in [7, 11) is 1.81. The molecule has 96 valence electrons. The standard InChI is InChI=1S/C15H19NO2/c1-16(11-12-6-3-2-4-7-12)15(18)13-8-5-9-14(17)10-13/h2-4,6-7,13H,5,8-11H2,1H3. The third kappa shape index (κ3) is 3.19. The summed E-state index contributed by atoms with van der Waals surface area (Å²) in [6.45, 7) is 0.615. The van der Waals surface area contributed by atoms with E-state index in [0.717, 1.165) is 18.4 Å². The fraction of sp³-hybridized carbons (Fsp3) is 0.467. The highest BCUT2D eigenvalue weighted by molar-refractivity contribution is 5.87. The van der Waals surface area contributed by atoms with Crippen LogP contribution in [0.15, 0.2) is 30.3 Å². The fourth-order valence-electron chi connectivity index (χ4n) is 2.48. The molecule has 0 heterocycles. The van der Waals surface area contributed by atoms with Crippen molar-refractivity contribution in [3.63, 3.8) is 0 Å². The first-order valence-electron chi connectivity index (χ1n) is 6.47. The molecule has 0 aromatic heterocycles. The number of hydrogen-bond donors (Lipinski definition) is 0. The lowest BCUT2D eigenvalue weighted by atomic mass is 9.87. The summed E-state index contributed by atoms with van der Waals surface area (Å²) in [5.74, 6) is 0.236. The zero-order chi connectivity index (χ0) is 13.0. The third-order valence-corrected chi connectivity index (χ3v) is 3.47. The average molecular weight is 245 g/mol. The van der Waals surface area contributed by atoms with Gasteiger partial charge in [-0.2, -0.15) is 0 Å². The first kappa shape index (κ1) is 12.8. The van der Waals surface area contributed by atoms with Crippen LogP contribution in [0.4, 0.5) is 0 Å². The molecular formula is C15H19NO2. The molecule has 0 aliphatic heterocycles. The van der Waals surface area contributed by atoms with Crippen LogP contribution in [0.1, 0.15) is 31.2 Å². The molecule has 0 saturated heterocycles. The maximum absolute atomic E-state index is 12.2. The Hall–Kier alpha value is -1.64. The molecule has 18 heavy (non-hydrogen) atoms. The first-order chi connectivity index (χ1) is 8.66. The van der Waals surface area contributed by atoms with Crippen LogP contribution in [0.5, 0.6) is 0 Å². The van der Waals surface area contributed by atoms with Gasteiger partial charge in [0.25, 0.3) is 0 Å². The normalized spacial score (nSPS) is 19.6. The van der Waals surface area contributed by atoms with Gasteiger partial charge in [-0.25, -0.2) is 0 Å². The topological polar surface area (TPSA) is 37.4 Å². The molecule has 0 N–H and O–H groups in total. The minimum absolute atomic E-state index is 0.0973. The molecule has 3 heteroatoms. The van der Waals surface area contributed by atoms with Crippen LogP contribution < -0.4 is 0 Å². The molecule has 1 aliphatic rings. The Kier molecular flexibility index (Phi) is 4.13. The van der Waals surface area contributed by atoms with E-state index < -0.39 is 0 Å². The second kappa shape index (κ2) is 5.80. The van der Waals surface area contributed by atoms with Crippen molar-refractivity contribution in [1.29, 1.82) is 0 Å². The molecule has 1 atom stereocenters. The number of carbonyl (C=O) groups excluding carboxylic acids is 2. The second-order valence-electron chi connectivity index (χ2n) is 5.01. The second-order valence-corrected chi connectivity index (χ2v) is 5.01. The van der Waals surface area contributed by atoms with Crippen molar-refractivity contribution in [2.75, 3.05) is 7.05 Å². The van der Waals surface area contributed by atoms with E-state index in [0.29, 0.717) is 19.4 Å². The van der Waals surface area contributed by atoms with Crippen molar-refractivity contribution in [3.8, 4) is 0 Å². The van der Waals surface area contributed by atoms with E-state index in [9.17, 15) is 9.59 Å². The Balaban J connectivity index is 1.94. The lowest BCUT2D eigenvalue weighted by Crippen LogP contribution is -2.35. The van der Waals surface area contributed by atoms with Gasteiger partial charge in [0.1, 0.15) is 5.78 Å². The van der Waals surface area contributed by atoms with Crippen molar-refractivity contribution in [3.05, 3.63) is 35.9 Å². The van der Waals surface area contributed by atoms with Crippen LogP contribution in [0.2, 0.25) is 0 Å². The number of benzene rings is 1. The smallest absolute Gasteiger partial charge is 0.226 e. The lowest BCUT2D eigenvalue weighted by Gasteiger charge is -2.26. The summed E-state index contributed by atoms with van der Waals surface area (Å²) >= 11 is 0. The van der Waals surface area contributed by atoms with Gasteiger partial charge in [0.15, 0.2) is 0 Å². The number of hydrogen-bond acceptors (Lipinski definition) is 2. The predicted octanol–water partition coefficient (Wildman–Crippen LogP) is 2.40. The fourth-order valence-corrected chi connectivity index (χ4v) is 2.48. The molecule has 0 spiro atoms. The van der Waals surface area contributed by atoms with E-state index in [4.69, 9.17) is 0 Å². The molecule has 1 unspecified atom stereocenters. The molecule has 0 radical (unpaired) electrons. The Bertz CT molecular complexity index is 427. The minimum Gasteiger partial charge on any atom is -0.341 e. The molecule has 1 amide bonds. The third-order valence-electron chi connectivity index (χ3n) is 3.47. The van der Waals surface area contributed by atoms with Crippen molar-refractivity contribution in [2.45, 2.75) is 32.2 Å². The van der Waals surface area contributed by atoms with Crippen molar-refractivity contribution < 1.29 is 9.59 Å². The number of amides is 1. The SMILES string of the molecule is CN(Cc1ccccc1)C(=O)C1CCCC(=O)C1.